The summed E-state index contributed by atoms with van der Waals surface area (Å²) < 4.78 is 11.3. The summed E-state index contributed by atoms with van der Waals surface area (Å²) in [4.78, 5) is 39.1. The number of β-lactam (4-membered cyclic amide) rings is 1. The zero-order valence-electron chi connectivity index (χ0n) is 17.7. The average Bonchev–Trinajstić information content (AvgIpc) is 2.81. The van der Waals surface area contributed by atoms with Gasteiger partial charge < -0.3 is 20.1 Å². The van der Waals surface area contributed by atoms with Gasteiger partial charge in [0, 0.05) is 12.5 Å². The molecule has 0 aromatic heterocycles. The van der Waals surface area contributed by atoms with Crippen LogP contribution < -0.4 is 5.73 Å². The van der Waals surface area contributed by atoms with Gasteiger partial charge in [-0.05, 0) is 23.5 Å². The maximum Gasteiger partial charge on any atom is 0.334 e. The molecule has 0 radical (unpaired) electrons. The molecule has 1 saturated heterocycles. The van der Waals surface area contributed by atoms with E-state index in [0.29, 0.717) is 5.57 Å². The molecule has 2 aromatic carbocycles. The zero-order valence-corrected chi connectivity index (χ0v) is 18.5. The molecule has 2 N–H and O–H groups in total. The third-order valence-corrected chi connectivity index (χ3v) is 6.74. The third kappa shape index (κ3) is 4.16. The quantitative estimate of drug-likeness (QED) is 0.531. The molecule has 1 fully saturated rings. The van der Waals surface area contributed by atoms with E-state index in [1.807, 2.05) is 60.7 Å². The number of carbonyl (C=O) groups excluding carboxylic acids is 3. The lowest BCUT2D eigenvalue weighted by atomic mass is 9.95. The highest BCUT2D eigenvalue weighted by Crippen LogP contribution is 2.41. The van der Waals surface area contributed by atoms with Crippen molar-refractivity contribution in [3.05, 3.63) is 82.8 Å². The lowest BCUT2D eigenvalue weighted by Crippen LogP contribution is -2.72. The van der Waals surface area contributed by atoms with Crippen molar-refractivity contribution in [2.75, 3.05) is 0 Å². The highest BCUT2D eigenvalue weighted by molar-refractivity contribution is 8.02. The van der Waals surface area contributed by atoms with Crippen molar-refractivity contribution < 1.29 is 23.9 Å². The summed E-state index contributed by atoms with van der Waals surface area (Å²) in [5, 5.41) is 1.40. The SMILES string of the molecule is CC(=O)OC(C)C1=CS[C@H]2C(N)C(=O)N2C1C(=O)OC(c1ccccc1)c1ccccc1. The molecule has 8 heteroatoms. The zero-order chi connectivity index (χ0) is 22.8. The molecule has 0 spiro atoms. The van der Waals surface area contributed by atoms with Gasteiger partial charge in [0.15, 0.2) is 12.1 Å². The van der Waals surface area contributed by atoms with E-state index in [4.69, 9.17) is 15.2 Å². The van der Waals surface area contributed by atoms with Gasteiger partial charge in [-0.3, -0.25) is 9.59 Å². The van der Waals surface area contributed by atoms with Gasteiger partial charge >= 0.3 is 11.9 Å². The molecule has 1 amide bonds. The van der Waals surface area contributed by atoms with E-state index in [9.17, 15) is 14.4 Å². The number of amides is 1. The molecular weight excluding hydrogens is 428 g/mol. The van der Waals surface area contributed by atoms with Crippen LogP contribution in [0.15, 0.2) is 71.6 Å². The fourth-order valence-corrected chi connectivity index (χ4v) is 5.22. The maximum absolute atomic E-state index is 13.6. The highest BCUT2D eigenvalue weighted by atomic mass is 32.2. The molecule has 3 unspecified atom stereocenters. The van der Waals surface area contributed by atoms with Crippen molar-refractivity contribution >= 4 is 29.6 Å². The molecule has 32 heavy (non-hydrogen) atoms. The summed E-state index contributed by atoms with van der Waals surface area (Å²) in [6.45, 7) is 2.97. The van der Waals surface area contributed by atoms with Gasteiger partial charge in [-0.15, -0.1) is 11.8 Å². The normalized spacial score (nSPS) is 23.0. The van der Waals surface area contributed by atoms with E-state index in [1.54, 1.807) is 12.3 Å². The van der Waals surface area contributed by atoms with Crippen LogP contribution in [0.1, 0.15) is 31.1 Å². The number of hydrogen-bond acceptors (Lipinski definition) is 7. The molecule has 4 atom stereocenters. The Morgan fingerprint density at radius 2 is 1.56 bits per heavy atom. The van der Waals surface area contributed by atoms with E-state index in [-0.39, 0.29) is 11.3 Å². The predicted molar refractivity (Wildman–Crippen MR) is 120 cm³/mol. The molecule has 0 saturated carbocycles. The molecule has 2 aromatic rings. The number of nitrogens with two attached hydrogens (primary N) is 1. The van der Waals surface area contributed by atoms with E-state index >= 15 is 0 Å². The summed E-state index contributed by atoms with van der Waals surface area (Å²) in [5.74, 6) is -1.41. The Balaban J connectivity index is 1.67. The standard InChI is InChI=1S/C24H24N2O5S/c1-14(30-15(2)27)18-13-32-23-19(25)22(28)26(23)20(18)24(29)31-21(16-9-5-3-6-10-16)17-11-7-4-8-12-17/h3-14,19-21,23H,25H2,1-2H3/t14?,19?,20?,23-/m0/s1. The minimum atomic E-state index is -1.02. The minimum absolute atomic E-state index is 0.332. The number of carbonyl (C=O) groups is 3. The van der Waals surface area contributed by atoms with E-state index in [2.05, 4.69) is 0 Å². The average molecular weight is 453 g/mol. The second-order valence-corrected chi connectivity index (χ2v) is 8.70. The largest absolute Gasteiger partial charge is 0.458 e. The number of nitrogens with zero attached hydrogens (tertiary/aromatic N) is 1. The first kappa shape index (κ1) is 22.1. The number of ether oxygens (including phenoxy) is 2. The Kier molecular flexibility index (Phi) is 6.34. The lowest BCUT2D eigenvalue weighted by Gasteiger charge is -2.51. The van der Waals surface area contributed by atoms with Gasteiger partial charge in [-0.1, -0.05) is 60.7 Å². The van der Waals surface area contributed by atoms with E-state index < -0.39 is 36.2 Å². The summed E-state index contributed by atoms with van der Waals surface area (Å²) in [7, 11) is 0. The van der Waals surface area contributed by atoms with Crippen LogP contribution in [0.25, 0.3) is 0 Å². The fourth-order valence-electron chi connectivity index (χ4n) is 3.96. The van der Waals surface area contributed by atoms with Crippen LogP contribution in [-0.4, -0.2) is 46.3 Å². The number of benzene rings is 2. The van der Waals surface area contributed by atoms with Crippen LogP contribution in [0.3, 0.4) is 0 Å². The lowest BCUT2D eigenvalue weighted by molar-refractivity contribution is -0.165. The molecule has 7 nitrogen and oxygen atoms in total. The Hall–Kier alpha value is -3.10. The van der Waals surface area contributed by atoms with Gasteiger partial charge in [0.1, 0.15) is 17.5 Å². The molecule has 2 heterocycles. The van der Waals surface area contributed by atoms with Crippen LogP contribution in [0.5, 0.6) is 0 Å². The Morgan fingerprint density at radius 3 is 2.09 bits per heavy atom. The van der Waals surface area contributed by atoms with Crippen molar-refractivity contribution in [1.82, 2.24) is 4.90 Å². The minimum Gasteiger partial charge on any atom is -0.458 e. The van der Waals surface area contributed by atoms with Crippen molar-refractivity contribution in [2.24, 2.45) is 5.73 Å². The first-order valence-corrected chi connectivity index (χ1v) is 11.2. The smallest absolute Gasteiger partial charge is 0.334 e. The number of esters is 2. The van der Waals surface area contributed by atoms with Crippen LogP contribution in [0, 0.1) is 0 Å². The highest BCUT2D eigenvalue weighted by Gasteiger charge is 2.55. The monoisotopic (exact) mass is 452 g/mol. The summed E-state index contributed by atoms with van der Waals surface area (Å²) in [6, 6.07) is 17.1. The van der Waals surface area contributed by atoms with Gasteiger partial charge in [-0.2, -0.15) is 0 Å². The first-order chi connectivity index (χ1) is 15.4. The van der Waals surface area contributed by atoms with Gasteiger partial charge in [-0.25, -0.2) is 4.79 Å². The predicted octanol–water partition coefficient (Wildman–Crippen LogP) is 2.77. The van der Waals surface area contributed by atoms with E-state index in [1.165, 1.54) is 23.6 Å². The van der Waals surface area contributed by atoms with E-state index in [0.717, 1.165) is 11.1 Å². The fraction of sp³-hybridized carbons (Fsp3) is 0.292. The van der Waals surface area contributed by atoms with Crippen LogP contribution >= 0.6 is 11.8 Å². The van der Waals surface area contributed by atoms with Crippen molar-refractivity contribution in [3.8, 4) is 0 Å². The number of thioether (sulfide) groups is 1. The Labute approximate surface area is 190 Å². The molecule has 0 aliphatic carbocycles. The molecule has 2 aliphatic heterocycles. The van der Waals surface area contributed by atoms with Gasteiger partial charge in [0.25, 0.3) is 0 Å². The summed E-state index contributed by atoms with van der Waals surface area (Å²) >= 11 is 1.34. The van der Waals surface area contributed by atoms with Gasteiger partial charge in [0.2, 0.25) is 5.91 Å². The van der Waals surface area contributed by atoms with Crippen LogP contribution in [-0.2, 0) is 23.9 Å². The Morgan fingerprint density at radius 1 is 1.00 bits per heavy atom. The second kappa shape index (κ2) is 9.18. The number of hydrogen-bond donors (Lipinski definition) is 1. The number of fused-ring (bicyclic) bond motifs is 1. The summed E-state index contributed by atoms with van der Waals surface area (Å²) in [5.41, 5.74) is 8.05. The molecular formula is C24H24N2O5S. The molecule has 0 bridgehead atoms. The number of rotatable bonds is 6. The van der Waals surface area contributed by atoms with Crippen molar-refractivity contribution in [3.63, 3.8) is 0 Å². The topological polar surface area (TPSA) is 98.9 Å². The summed E-state index contributed by atoms with van der Waals surface area (Å²) in [6.07, 6.45) is -1.36. The third-order valence-electron chi connectivity index (χ3n) is 5.53. The van der Waals surface area contributed by atoms with Crippen molar-refractivity contribution in [1.29, 1.82) is 0 Å². The van der Waals surface area contributed by atoms with Crippen LogP contribution in [0.2, 0.25) is 0 Å². The molecule has 2 aliphatic rings. The molecule has 4 rings (SSSR count). The van der Waals surface area contributed by atoms with Crippen LogP contribution in [0.4, 0.5) is 0 Å². The molecule has 166 valence electrons. The first-order valence-electron chi connectivity index (χ1n) is 10.3. The maximum atomic E-state index is 13.6. The van der Waals surface area contributed by atoms with Gasteiger partial charge in [0.05, 0.1) is 0 Å². The Bertz CT molecular complexity index is 1000. The van der Waals surface area contributed by atoms with Crippen molar-refractivity contribution in [2.45, 2.75) is 43.5 Å². The second-order valence-electron chi connectivity index (χ2n) is 7.71.